The number of fused-ring (bicyclic) bond motifs is 1. The van der Waals surface area contributed by atoms with Crippen LogP contribution >= 0.6 is 0 Å². The average Bonchev–Trinajstić information content (AvgIpc) is 2.92. The summed E-state index contributed by atoms with van der Waals surface area (Å²) in [5.41, 5.74) is 1.22. The second-order valence-electron chi connectivity index (χ2n) is 7.53. The molecule has 1 aliphatic heterocycles. The van der Waals surface area contributed by atoms with Gasteiger partial charge in [0.2, 0.25) is 0 Å². The molecule has 152 valence electrons. The van der Waals surface area contributed by atoms with E-state index in [1.165, 1.54) is 24.2 Å². The molecule has 1 saturated carbocycles. The highest BCUT2D eigenvalue weighted by Gasteiger charge is 2.36. The van der Waals surface area contributed by atoms with E-state index in [-0.39, 0.29) is 17.2 Å². The fraction of sp³-hybridized carbons (Fsp3) is 0.571. The number of benzene rings is 1. The van der Waals surface area contributed by atoms with Crippen molar-refractivity contribution in [3.8, 4) is 0 Å². The van der Waals surface area contributed by atoms with Crippen molar-refractivity contribution >= 4 is 17.8 Å². The molecule has 2 aliphatic rings. The number of ether oxygens (including phenoxy) is 1. The number of carbonyl (C=O) groups excluding carboxylic acids is 2. The van der Waals surface area contributed by atoms with Crippen molar-refractivity contribution in [3.63, 3.8) is 0 Å². The van der Waals surface area contributed by atoms with Crippen molar-refractivity contribution in [2.45, 2.75) is 32.6 Å². The van der Waals surface area contributed by atoms with Gasteiger partial charge in [-0.2, -0.15) is 0 Å². The smallest absolute Gasteiger partial charge is 0.261 e. The number of carbonyl (C=O) groups is 2. The van der Waals surface area contributed by atoms with Gasteiger partial charge >= 0.3 is 0 Å². The molecule has 0 atom stereocenters. The monoisotopic (exact) mass is 386 g/mol. The van der Waals surface area contributed by atoms with Gasteiger partial charge in [0.15, 0.2) is 5.96 Å². The van der Waals surface area contributed by atoms with Crippen LogP contribution < -0.4 is 10.6 Å². The minimum Gasteiger partial charge on any atom is -0.385 e. The van der Waals surface area contributed by atoms with Crippen LogP contribution in [0.25, 0.3) is 0 Å². The summed E-state index contributed by atoms with van der Waals surface area (Å²) < 4.78 is 5.25. The molecule has 1 fully saturated rings. The van der Waals surface area contributed by atoms with Crippen LogP contribution in [0.4, 0.5) is 0 Å². The van der Waals surface area contributed by atoms with Crippen molar-refractivity contribution < 1.29 is 14.3 Å². The van der Waals surface area contributed by atoms with E-state index in [2.05, 4.69) is 10.6 Å². The van der Waals surface area contributed by atoms with Crippen LogP contribution in [0.3, 0.4) is 0 Å². The zero-order valence-corrected chi connectivity index (χ0v) is 16.8. The summed E-state index contributed by atoms with van der Waals surface area (Å²) in [7, 11) is 1.74. The molecular formula is C21H30N4O3. The second-order valence-corrected chi connectivity index (χ2v) is 7.53. The minimum absolute atomic E-state index is 0.225. The largest absolute Gasteiger partial charge is 0.385 e. The summed E-state index contributed by atoms with van der Waals surface area (Å²) in [6, 6.07) is 6.96. The Morgan fingerprint density at radius 3 is 2.39 bits per heavy atom. The third kappa shape index (κ3) is 4.35. The van der Waals surface area contributed by atoms with Gasteiger partial charge in [0.25, 0.3) is 11.8 Å². The standard InChI is InChI=1S/C21H30N4O3/c1-3-22-20(24-15-21(9-6-10-21)11-14-28-2)23-12-13-25-18(26)16-7-4-5-8-17(16)19(25)27/h4-5,7-8H,3,6,9-15H2,1-2H3,(H2,22,23,24). The Kier molecular flexibility index (Phi) is 6.67. The van der Waals surface area contributed by atoms with E-state index in [0.29, 0.717) is 24.2 Å². The Balaban J connectivity index is 1.54. The lowest BCUT2D eigenvalue weighted by atomic mass is 9.67. The topological polar surface area (TPSA) is 83.0 Å². The summed E-state index contributed by atoms with van der Waals surface area (Å²) in [5.74, 6) is 0.275. The van der Waals surface area contributed by atoms with Crippen molar-refractivity contribution in [1.29, 1.82) is 0 Å². The van der Waals surface area contributed by atoms with Gasteiger partial charge in [-0.1, -0.05) is 18.6 Å². The average molecular weight is 386 g/mol. The zero-order chi connectivity index (χ0) is 20.0. The molecule has 3 rings (SSSR count). The molecule has 2 amide bonds. The number of hydrogen-bond donors (Lipinski definition) is 2. The van der Waals surface area contributed by atoms with Gasteiger partial charge in [-0.15, -0.1) is 0 Å². The summed E-state index contributed by atoms with van der Waals surface area (Å²) in [6.07, 6.45) is 4.66. The van der Waals surface area contributed by atoms with Gasteiger partial charge in [0.05, 0.1) is 11.1 Å². The highest BCUT2D eigenvalue weighted by molar-refractivity contribution is 6.21. The first-order valence-corrected chi connectivity index (χ1v) is 10.1. The third-order valence-electron chi connectivity index (χ3n) is 5.67. The van der Waals surface area contributed by atoms with E-state index in [1.54, 1.807) is 31.4 Å². The minimum atomic E-state index is -0.225. The van der Waals surface area contributed by atoms with Crippen molar-refractivity contribution in [2.24, 2.45) is 10.4 Å². The number of methoxy groups -OCH3 is 1. The Morgan fingerprint density at radius 1 is 1.18 bits per heavy atom. The van der Waals surface area contributed by atoms with Crippen LogP contribution in [-0.4, -0.2) is 62.6 Å². The predicted molar refractivity (Wildman–Crippen MR) is 109 cm³/mol. The number of hydrogen-bond acceptors (Lipinski definition) is 4. The Morgan fingerprint density at radius 2 is 1.86 bits per heavy atom. The summed E-state index contributed by atoms with van der Waals surface area (Å²) >= 11 is 0. The highest BCUT2D eigenvalue weighted by Crippen LogP contribution is 2.44. The molecule has 28 heavy (non-hydrogen) atoms. The quantitative estimate of drug-likeness (QED) is 0.386. The van der Waals surface area contributed by atoms with Crippen molar-refractivity contribution in [2.75, 3.05) is 39.9 Å². The molecule has 0 radical (unpaired) electrons. The van der Waals surface area contributed by atoms with E-state index in [1.807, 2.05) is 6.92 Å². The molecule has 1 aromatic rings. The molecule has 0 aromatic heterocycles. The Labute approximate surface area is 166 Å². The molecule has 0 bridgehead atoms. The van der Waals surface area contributed by atoms with Crippen LogP contribution in [0.5, 0.6) is 0 Å². The van der Waals surface area contributed by atoms with Gasteiger partial charge in [-0.05, 0) is 43.7 Å². The molecule has 7 nitrogen and oxygen atoms in total. The van der Waals surface area contributed by atoms with E-state index in [4.69, 9.17) is 9.73 Å². The number of nitrogens with one attached hydrogen (secondary N) is 2. The summed E-state index contributed by atoms with van der Waals surface area (Å²) in [5, 5.41) is 6.50. The fourth-order valence-electron chi connectivity index (χ4n) is 3.80. The first-order chi connectivity index (χ1) is 13.6. The van der Waals surface area contributed by atoms with Crippen LogP contribution in [0, 0.1) is 5.41 Å². The normalized spacial score (nSPS) is 18.1. The Hall–Kier alpha value is -2.41. The van der Waals surface area contributed by atoms with Gasteiger partial charge in [0, 0.05) is 39.9 Å². The van der Waals surface area contributed by atoms with Gasteiger partial charge in [-0.25, -0.2) is 0 Å². The summed E-state index contributed by atoms with van der Waals surface area (Å²) in [6.45, 7) is 5.07. The lowest BCUT2D eigenvalue weighted by Crippen LogP contribution is -2.44. The SMILES string of the molecule is CCNC(=NCC1(CCOC)CCC1)NCCN1C(=O)c2ccccc2C1=O. The summed E-state index contributed by atoms with van der Waals surface area (Å²) in [4.78, 5) is 30.9. The molecule has 0 spiro atoms. The lowest BCUT2D eigenvalue weighted by Gasteiger charge is -2.40. The van der Waals surface area contributed by atoms with Crippen molar-refractivity contribution in [1.82, 2.24) is 15.5 Å². The maximum Gasteiger partial charge on any atom is 0.261 e. The Bertz CT molecular complexity index is 708. The molecule has 2 N–H and O–H groups in total. The van der Waals surface area contributed by atoms with Crippen LogP contribution in [0.15, 0.2) is 29.3 Å². The van der Waals surface area contributed by atoms with Crippen LogP contribution in [-0.2, 0) is 4.74 Å². The predicted octanol–water partition coefficient (Wildman–Crippen LogP) is 2.04. The zero-order valence-electron chi connectivity index (χ0n) is 16.8. The van der Waals surface area contributed by atoms with Crippen LogP contribution in [0.2, 0.25) is 0 Å². The number of imide groups is 1. The number of nitrogens with zero attached hydrogens (tertiary/aromatic N) is 2. The molecule has 1 aliphatic carbocycles. The first-order valence-electron chi connectivity index (χ1n) is 10.1. The van der Waals surface area contributed by atoms with Crippen molar-refractivity contribution in [3.05, 3.63) is 35.4 Å². The third-order valence-corrected chi connectivity index (χ3v) is 5.67. The van der Waals surface area contributed by atoms with E-state index in [9.17, 15) is 9.59 Å². The van der Waals surface area contributed by atoms with Gasteiger partial charge in [0.1, 0.15) is 0 Å². The first kappa shape index (κ1) is 20.3. The maximum absolute atomic E-state index is 12.4. The fourth-order valence-corrected chi connectivity index (χ4v) is 3.80. The number of rotatable bonds is 9. The molecule has 1 aromatic carbocycles. The van der Waals surface area contributed by atoms with Gasteiger partial charge in [-0.3, -0.25) is 19.5 Å². The van der Waals surface area contributed by atoms with Gasteiger partial charge < -0.3 is 15.4 Å². The highest BCUT2D eigenvalue weighted by atomic mass is 16.5. The van der Waals surface area contributed by atoms with E-state index in [0.717, 1.165) is 32.1 Å². The van der Waals surface area contributed by atoms with E-state index < -0.39 is 0 Å². The molecule has 7 heteroatoms. The number of aliphatic imine (C=N–C) groups is 1. The van der Waals surface area contributed by atoms with Crippen LogP contribution in [0.1, 0.15) is 53.3 Å². The second kappa shape index (κ2) is 9.19. The molecular weight excluding hydrogens is 356 g/mol. The lowest BCUT2D eigenvalue weighted by molar-refractivity contribution is 0.0657. The molecule has 0 saturated heterocycles. The molecule has 1 heterocycles. The number of guanidine groups is 1. The molecule has 0 unspecified atom stereocenters. The maximum atomic E-state index is 12.4. The number of amides is 2. The van der Waals surface area contributed by atoms with E-state index >= 15 is 0 Å².